The maximum Gasteiger partial charge on any atom is 0.240 e. The third-order valence-corrected chi connectivity index (χ3v) is 2.56. The largest absolute Gasteiger partial charge is 0.493 e. The van der Waals surface area contributed by atoms with Crippen molar-refractivity contribution in [1.29, 1.82) is 0 Å². The molecule has 2 aromatic rings. The van der Waals surface area contributed by atoms with Crippen LogP contribution in [0.15, 0.2) is 28.8 Å². The lowest BCUT2D eigenvalue weighted by atomic mass is 10.2. The van der Waals surface area contributed by atoms with E-state index in [2.05, 4.69) is 29.3 Å². The maximum absolute atomic E-state index is 5.56. The van der Waals surface area contributed by atoms with E-state index in [0.29, 0.717) is 30.9 Å². The minimum atomic E-state index is 0.381. The van der Waals surface area contributed by atoms with Gasteiger partial charge in [0, 0.05) is 6.04 Å². The SMILES string of the molecule is CCOc1ccccc1-c1noc(CNC(C)C)n1. The fourth-order valence-corrected chi connectivity index (χ4v) is 1.66. The summed E-state index contributed by atoms with van der Waals surface area (Å²) in [6.45, 7) is 7.27. The van der Waals surface area contributed by atoms with E-state index < -0.39 is 0 Å². The van der Waals surface area contributed by atoms with Crippen LogP contribution in [-0.2, 0) is 6.54 Å². The van der Waals surface area contributed by atoms with Crippen LogP contribution in [0.2, 0.25) is 0 Å². The molecule has 0 aliphatic rings. The van der Waals surface area contributed by atoms with E-state index in [-0.39, 0.29) is 0 Å². The molecule has 19 heavy (non-hydrogen) atoms. The molecule has 0 amide bonds. The number of nitrogens with one attached hydrogen (secondary N) is 1. The Morgan fingerprint density at radius 1 is 1.32 bits per heavy atom. The second-order valence-electron chi connectivity index (χ2n) is 4.48. The summed E-state index contributed by atoms with van der Waals surface area (Å²) >= 11 is 0. The lowest BCUT2D eigenvalue weighted by Crippen LogP contribution is -2.21. The molecule has 102 valence electrons. The molecule has 1 N–H and O–H groups in total. The van der Waals surface area contributed by atoms with Crippen LogP contribution < -0.4 is 10.1 Å². The van der Waals surface area contributed by atoms with E-state index in [1.54, 1.807) is 0 Å². The molecule has 0 radical (unpaired) electrons. The van der Waals surface area contributed by atoms with Crippen molar-refractivity contribution >= 4 is 0 Å². The molecule has 0 bridgehead atoms. The lowest BCUT2D eigenvalue weighted by Gasteiger charge is -2.06. The summed E-state index contributed by atoms with van der Waals surface area (Å²) in [4.78, 5) is 4.38. The predicted octanol–water partition coefficient (Wildman–Crippen LogP) is 2.63. The number of hydrogen-bond donors (Lipinski definition) is 1. The van der Waals surface area contributed by atoms with Crippen molar-refractivity contribution in [3.63, 3.8) is 0 Å². The number of ether oxygens (including phenoxy) is 1. The molecule has 5 nitrogen and oxygen atoms in total. The Morgan fingerprint density at radius 2 is 2.11 bits per heavy atom. The van der Waals surface area contributed by atoms with Gasteiger partial charge in [0.05, 0.1) is 18.7 Å². The first-order valence-electron chi connectivity index (χ1n) is 6.49. The molecular weight excluding hydrogens is 242 g/mol. The summed E-state index contributed by atoms with van der Waals surface area (Å²) < 4.78 is 10.8. The van der Waals surface area contributed by atoms with Crippen LogP contribution in [0.25, 0.3) is 11.4 Å². The number of benzene rings is 1. The van der Waals surface area contributed by atoms with Gasteiger partial charge in [0.1, 0.15) is 5.75 Å². The molecule has 5 heteroatoms. The quantitative estimate of drug-likeness (QED) is 0.866. The highest BCUT2D eigenvalue weighted by atomic mass is 16.5. The van der Waals surface area contributed by atoms with Gasteiger partial charge in [-0.2, -0.15) is 4.98 Å². The fourth-order valence-electron chi connectivity index (χ4n) is 1.66. The zero-order valence-electron chi connectivity index (χ0n) is 11.5. The Morgan fingerprint density at radius 3 is 2.84 bits per heavy atom. The van der Waals surface area contributed by atoms with Gasteiger partial charge < -0.3 is 14.6 Å². The van der Waals surface area contributed by atoms with E-state index in [0.717, 1.165) is 11.3 Å². The molecular formula is C14H19N3O2. The summed E-state index contributed by atoms with van der Waals surface area (Å²) in [5.74, 6) is 1.91. The highest BCUT2D eigenvalue weighted by Gasteiger charge is 2.12. The number of nitrogens with zero attached hydrogens (tertiary/aromatic N) is 2. The van der Waals surface area contributed by atoms with E-state index in [1.165, 1.54) is 0 Å². The van der Waals surface area contributed by atoms with Gasteiger partial charge in [0.15, 0.2) is 0 Å². The van der Waals surface area contributed by atoms with Gasteiger partial charge in [-0.05, 0) is 19.1 Å². The van der Waals surface area contributed by atoms with Crippen molar-refractivity contribution in [2.75, 3.05) is 6.61 Å². The Labute approximate surface area is 113 Å². The van der Waals surface area contributed by atoms with Gasteiger partial charge in [-0.25, -0.2) is 0 Å². The Hall–Kier alpha value is -1.88. The highest BCUT2D eigenvalue weighted by molar-refractivity contribution is 5.63. The van der Waals surface area contributed by atoms with Gasteiger partial charge in [-0.1, -0.05) is 31.1 Å². The normalized spacial score (nSPS) is 10.9. The smallest absolute Gasteiger partial charge is 0.240 e. The predicted molar refractivity (Wildman–Crippen MR) is 72.9 cm³/mol. The molecule has 0 fully saturated rings. The van der Waals surface area contributed by atoms with Crippen LogP contribution in [0.1, 0.15) is 26.7 Å². The number of aromatic nitrogens is 2. The first kappa shape index (κ1) is 13.5. The molecule has 0 aliphatic heterocycles. The third-order valence-electron chi connectivity index (χ3n) is 2.56. The van der Waals surface area contributed by atoms with Crippen LogP contribution in [0.3, 0.4) is 0 Å². The minimum Gasteiger partial charge on any atom is -0.493 e. The summed E-state index contributed by atoms with van der Waals surface area (Å²) in [5.41, 5.74) is 0.851. The van der Waals surface area contributed by atoms with Gasteiger partial charge in [-0.3, -0.25) is 0 Å². The van der Waals surface area contributed by atoms with Crippen molar-refractivity contribution in [2.24, 2.45) is 0 Å². The highest BCUT2D eigenvalue weighted by Crippen LogP contribution is 2.27. The van der Waals surface area contributed by atoms with E-state index >= 15 is 0 Å². The van der Waals surface area contributed by atoms with Crippen molar-refractivity contribution in [3.8, 4) is 17.1 Å². The molecule has 0 spiro atoms. The molecule has 1 heterocycles. The van der Waals surface area contributed by atoms with E-state index in [4.69, 9.17) is 9.26 Å². The molecule has 0 aliphatic carbocycles. The average Bonchev–Trinajstić information content (AvgIpc) is 2.86. The lowest BCUT2D eigenvalue weighted by molar-refractivity contribution is 0.340. The van der Waals surface area contributed by atoms with Crippen LogP contribution in [-0.4, -0.2) is 22.8 Å². The molecule has 0 saturated heterocycles. The van der Waals surface area contributed by atoms with Crippen LogP contribution >= 0.6 is 0 Å². The van der Waals surface area contributed by atoms with Crippen LogP contribution in [0.5, 0.6) is 5.75 Å². The van der Waals surface area contributed by atoms with Crippen molar-refractivity contribution in [1.82, 2.24) is 15.5 Å². The van der Waals surface area contributed by atoms with E-state index in [1.807, 2.05) is 31.2 Å². The molecule has 0 atom stereocenters. The summed E-state index contributed by atoms with van der Waals surface area (Å²) in [6.07, 6.45) is 0. The zero-order chi connectivity index (χ0) is 13.7. The van der Waals surface area contributed by atoms with Crippen molar-refractivity contribution in [2.45, 2.75) is 33.4 Å². The van der Waals surface area contributed by atoms with Crippen molar-refractivity contribution in [3.05, 3.63) is 30.2 Å². The minimum absolute atomic E-state index is 0.381. The third kappa shape index (κ3) is 3.54. The van der Waals surface area contributed by atoms with Crippen LogP contribution in [0, 0.1) is 0 Å². The monoisotopic (exact) mass is 261 g/mol. The van der Waals surface area contributed by atoms with Crippen LogP contribution in [0.4, 0.5) is 0 Å². The topological polar surface area (TPSA) is 60.2 Å². The Balaban J connectivity index is 2.18. The molecule has 2 rings (SSSR count). The van der Waals surface area contributed by atoms with Gasteiger partial charge in [0.25, 0.3) is 0 Å². The maximum atomic E-state index is 5.56. The second kappa shape index (κ2) is 6.33. The van der Waals surface area contributed by atoms with Gasteiger partial charge in [0.2, 0.25) is 11.7 Å². The summed E-state index contributed by atoms with van der Waals surface area (Å²) in [5, 5.41) is 7.24. The van der Waals surface area contributed by atoms with Gasteiger partial charge in [-0.15, -0.1) is 0 Å². The summed E-state index contributed by atoms with van der Waals surface area (Å²) in [7, 11) is 0. The number of hydrogen-bond acceptors (Lipinski definition) is 5. The average molecular weight is 261 g/mol. The summed E-state index contributed by atoms with van der Waals surface area (Å²) in [6, 6.07) is 8.07. The second-order valence-corrected chi connectivity index (χ2v) is 4.48. The standard InChI is InChI=1S/C14H19N3O2/c1-4-18-12-8-6-5-7-11(12)14-16-13(19-17-14)9-15-10(2)3/h5-8,10,15H,4,9H2,1-3H3. The Bertz CT molecular complexity index is 523. The number of para-hydroxylation sites is 1. The first-order valence-corrected chi connectivity index (χ1v) is 6.49. The van der Waals surface area contributed by atoms with E-state index in [9.17, 15) is 0 Å². The number of rotatable bonds is 6. The Kier molecular flexibility index (Phi) is 4.52. The molecule has 1 aromatic heterocycles. The molecule has 0 unspecified atom stereocenters. The fraction of sp³-hybridized carbons (Fsp3) is 0.429. The van der Waals surface area contributed by atoms with Crippen molar-refractivity contribution < 1.29 is 9.26 Å². The van der Waals surface area contributed by atoms with Gasteiger partial charge >= 0.3 is 0 Å². The molecule has 0 saturated carbocycles. The first-order chi connectivity index (χ1) is 9.20. The zero-order valence-corrected chi connectivity index (χ0v) is 11.5. The molecule has 1 aromatic carbocycles.